The van der Waals surface area contributed by atoms with Crippen LogP contribution < -0.4 is 10.6 Å². The molecule has 2 aromatic heterocycles. The summed E-state index contributed by atoms with van der Waals surface area (Å²) in [6, 6.07) is 11.7. The van der Waals surface area contributed by atoms with Crippen molar-refractivity contribution >= 4 is 34.9 Å². The number of ether oxygens (including phenoxy) is 1. The van der Waals surface area contributed by atoms with Gasteiger partial charge in [0.1, 0.15) is 0 Å². The van der Waals surface area contributed by atoms with Crippen LogP contribution in [0.15, 0.2) is 48.7 Å². The third kappa shape index (κ3) is 5.43. The SMILES string of the molecule is CCOC(=O)N1CC=C(c2cccn3nc(Nc4ccc(C(=O)N(C)C5CCNCC5)cc4)nc23)CC1. The van der Waals surface area contributed by atoms with Gasteiger partial charge in [0.25, 0.3) is 5.91 Å². The molecule has 194 valence electrons. The van der Waals surface area contributed by atoms with Gasteiger partial charge < -0.3 is 25.2 Å². The van der Waals surface area contributed by atoms with E-state index in [1.54, 1.807) is 9.42 Å². The minimum atomic E-state index is -0.282. The van der Waals surface area contributed by atoms with Gasteiger partial charge in [-0.2, -0.15) is 4.98 Å². The van der Waals surface area contributed by atoms with E-state index in [-0.39, 0.29) is 18.0 Å². The summed E-state index contributed by atoms with van der Waals surface area (Å²) in [6.07, 6.45) is 6.30. The zero-order chi connectivity index (χ0) is 25.8. The van der Waals surface area contributed by atoms with Crippen LogP contribution in [0.2, 0.25) is 0 Å². The van der Waals surface area contributed by atoms with Crippen molar-refractivity contribution in [2.24, 2.45) is 0 Å². The highest BCUT2D eigenvalue weighted by Gasteiger charge is 2.23. The van der Waals surface area contributed by atoms with Crippen LogP contribution in [0.3, 0.4) is 0 Å². The fourth-order valence-corrected chi connectivity index (χ4v) is 4.89. The Kier molecular flexibility index (Phi) is 7.36. The highest BCUT2D eigenvalue weighted by Crippen LogP contribution is 2.27. The number of piperidine rings is 1. The standard InChI is InChI=1S/C27H33N7O3/c1-3-37-27(36)33-17-12-19(13-18-33)23-5-4-16-34-24(23)30-26(31-34)29-21-8-6-20(7-9-21)25(35)32(2)22-10-14-28-15-11-22/h4-9,12,16,22,28H,3,10-11,13-15,17-18H2,1-2H3,(H,29,31). The zero-order valence-electron chi connectivity index (χ0n) is 21.3. The van der Waals surface area contributed by atoms with Gasteiger partial charge in [-0.15, -0.1) is 5.10 Å². The second kappa shape index (κ2) is 11.0. The zero-order valence-corrected chi connectivity index (χ0v) is 21.3. The number of benzene rings is 1. The first-order valence-electron chi connectivity index (χ1n) is 12.8. The Labute approximate surface area is 216 Å². The average molecular weight is 504 g/mol. The molecule has 2 amide bonds. The molecule has 0 unspecified atom stereocenters. The minimum Gasteiger partial charge on any atom is -0.450 e. The first kappa shape index (κ1) is 24.8. The maximum Gasteiger partial charge on any atom is 0.410 e. The van der Waals surface area contributed by atoms with Crippen molar-refractivity contribution in [3.63, 3.8) is 0 Å². The second-order valence-corrected chi connectivity index (χ2v) is 9.35. The Morgan fingerprint density at radius 1 is 1.19 bits per heavy atom. The number of amides is 2. The number of nitrogens with one attached hydrogen (secondary N) is 2. The van der Waals surface area contributed by atoms with Gasteiger partial charge in [0.05, 0.1) is 6.61 Å². The fourth-order valence-electron chi connectivity index (χ4n) is 4.89. The van der Waals surface area contributed by atoms with E-state index in [4.69, 9.17) is 9.72 Å². The van der Waals surface area contributed by atoms with Crippen LogP contribution in [0.4, 0.5) is 16.4 Å². The number of pyridine rings is 1. The normalized spacial score (nSPS) is 16.4. The van der Waals surface area contributed by atoms with Gasteiger partial charge in [0.2, 0.25) is 5.95 Å². The highest BCUT2D eigenvalue weighted by molar-refractivity contribution is 5.94. The lowest BCUT2D eigenvalue weighted by Crippen LogP contribution is -2.43. The number of carbonyl (C=O) groups is 2. The lowest BCUT2D eigenvalue weighted by atomic mass is 10.0. The Morgan fingerprint density at radius 2 is 1.97 bits per heavy atom. The maximum absolute atomic E-state index is 12.9. The number of nitrogens with zero attached hydrogens (tertiary/aromatic N) is 5. The molecule has 4 heterocycles. The summed E-state index contributed by atoms with van der Waals surface area (Å²) in [5.41, 5.74) is 4.34. The van der Waals surface area contributed by atoms with Gasteiger partial charge in [0, 0.05) is 49.2 Å². The lowest BCUT2D eigenvalue weighted by Gasteiger charge is -2.31. The van der Waals surface area contributed by atoms with E-state index in [2.05, 4.69) is 15.7 Å². The molecule has 1 aromatic carbocycles. The van der Waals surface area contributed by atoms with Crippen molar-refractivity contribution in [2.75, 3.05) is 45.2 Å². The molecule has 10 heteroatoms. The van der Waals surface area contributed by atoms with Crippen molar-refractivity contribution in [1.29, 1.82) is 0 Å². The summed E-state index contributed by atoms with van der Waals surface area (Å²) in [6.45, 7) is 5.18. The molecule has 0 bridgehead atoms. The van der Waals surface area contributed by atoms with E-state index in [1.807, 2.05) is 67.5 Å². The van der Waals surface area contributed by atoms with Crippen molar-refractivity contribution in [3.05, 3.63) is 59.8 Å². The number of hydrogen-bond acceptors (Lipinski definition) is 7. The fraction of sp³-hybridized carbons (Fsp3) is 0.407. The minimum absolute atomic E-state index is 0.0382. The Hall–Kier alpha value is -3.92. The monoisotopic (exact) mass is 503 g/mol. The second-order valence-electron chi connectivity index (χ2n) is 9.35. The third-order valence-corrected chi connectivity index (χ3v) is 7.01. The third-order valence-electron chi connectivity index (χ3n) is 7.01. The molecule has 2 aliphatic heterocycles. The van der Waals surface area contributed by atoms with Gasteiger partial charge in [-0.3, -0.25) is 4.79 Å². The molecule has 10 nitrogen and oxygen atoms in total. The quantitative estimate of drug-likeness (QED) is 0.530. The van der Waals surface area contributed by atoms with Gasteiger partial charge in [-0.25, -0.2) is 9.31 Å². The van der Waals surface area contributed by atoms with Crippen molar-refractivity contribution in [3.8, 4) is 0 Å². The summed E-state index contributed by atoms with van der Waals surface area (Å²) in [5.74, 6) is 0.513. The van der Waals surface area contributed by atoms with E-state index in [0.29, 0.717) is 31.2 Å². The van der Waals surface area contributed by atoms with E-state index in [9.17, 15) is 9.59 Å². The van der Waals surface area contributed by atoms with E-state index < -0.39 is 0 Å². The van der Waals surface area contributed by atoms with Crippen LogP contribution >= 0.6 is 0 Å². The molecule has 37 heavy (non-hydrogen) atoms. The Bertz CT molecular complexity index is 1300. The average Bonchev–Trinajstić information content (AvgIpc) is 3.36. The Balaban J connectivity index is 1.28. The summed E-state index contributed by atoms with van der Waals surface area (Å²) < 4.78 is 6.86. The molecular weight excluding hydrogens is 470 g/mol. The first-order chi connectivity index (χ1) is 18.0. The van der Waals surface area contributed by atoms with Crippen LogP contribution in [-0.2, 0) is 4.74 Å². The van der Waals surface area contributed by atoms with Crippen molar-refractivity contribution in [1.82, 2.24) is 29.7 Å². The van der Waals surface area contributed by atoms with E-state index >= 15 is 0 Å². The molecule has 1 fully saturated rings. The number of anilines is 2. The topological polar surface area (TPSA) is 104 Å². The van der Waals surface area contributed by atoms with Gasteiger partial charge in [0.15, 0.2) is 5.65 Å². The number of aromatic nitrogens is 3. The highest BCUT2D eigenvalue weighted by atomic mass is 16.6. The first-order valence-corrected chi connectivity index (χ1v) is 12.8. The molecule has 0 atom stereocenters. The van der Waals surface area contributed by atoms with Crippen molar-refractivity contribution in [2.45, 2.75) is 32.2 Å². The summed E-state index contributed by atoms with van der Waals surface area (Å²) in [4.78, 5) is 33.2. The molecule has 0 spiro atoms. The maximum atomic E-state index is 12.9. The molecule has 1 saturated heterocycles. The molecule has 3 aromatic rings. The van der Waals surface area contributed by atoms with Crippen LogP contribution in [0.25, 0.3) is 11.2 Å². The molecule has 0 aliphatic carbocycles. The molecule has 5 rings (SSSR count). The predicted molar refractivity (Wildman–Crippen MR) is 142 cm³/mol. The number of fused-ring (bicyclic) bond motifs is 1. The van der Waals surface area contributed by atoms with Gasteiger partial charge in [-0.05, 0) is 81.2 Å². The van der Waals surface area contributed by atoms with Gasteiger partial charge in [-0.1, -0.05) is 6.08 Å². The molecule has 0 saturated carbocycles. The smallest absolute Gasteiger partial charge is 0.410 e. The molecule has 0 radical (unpaired) electrons. The van der Waals surface area contributed by atoms with Crippen LogP contribution in [0, 0.1) is 0 Å². The van der Waals surface area contributed by atoms with Gasteiger partial charge >= 0.3 is 6.09 Å². The molecule has 2 N–H and O–H groups in total. The summed E-state index contributed by atoms with van der Waals surface area (Å²) in [7, 11) is 1.89. The lowest BCUT2D eigenvalue weighted by molar-refractivity contribution is 0.0703. The summed E-state index contributed by atoms with van der Waals surface area (Å²) >= 11 is 0. The number of carbonyl (C=O) groups excluding carboxylic acids is 2. The van der Waals surface area contributed by atoms with E-state index in [0.717, 1.165) is 54.8 Å². The number of hydrogen-bond donors (Lipinski definition) is 2. The van der Waals surface area contributed by atoms with E-state index in [1.165, 1.54) is 0 Å². The number of rotatable bonds is 6. The predicted octanol–water partition coefficient (Wildman–Crippen LogP) is 3.54. The Morgan fingerprint density at radius 3 is 2.68 bits per heavy atom. The summed E-state index contributed by atoms with van der Waals surface area (Å²) in [5, 5.41) is 11.2. The van der Waals surface area contributed by atoms with Crippen LogP contribution in [0.5, 0.6) is 0 Å². The molecule has 2 aliphatic rings. The molecular formula is C27H33N7O3. The van der Waals surface area contributed by atoms with Crippen LogP contribution in [0.1, 0.15) is 42.1 Å². The van der Waals surface area contributed by atoms with Crippen LogP contribution in [-0.4, -0.2) is 82.3 Å². The van der Waals surface area contributed by atoms with Crippen molar-refractivity contribution < 1.29 is 14.3 Å². The largest absolute Gasteiger partial charge is 0.450 e.